The van der Waals surface area contributed by atoms with Gasteiger partial charge in [-0.15, -0.1) is 0 Å². The van der Waals surface area contributed by atoms with Crippen molar-refractivity contribution < 1.29 is 22.1 Å². The first-order chi connectivity index (χ1) is 9.20. The molecule has 0 amide bonds. The Morgan fingerprint density at radius 1 is 1.20 bits per heavy atom. The van der Waals surface area contributed by atoms with Crippen LogP contribution in [0.15, 0.2) is 29.2 Å². The van der Waals surface area contributed by atoms with Crippen LogP contribution >= 0.6 is 0 Å². The largest absolute Gasteiger partial charge is 0.345 e. The van der Waals surface area contributed by atoms with Crippen molar-refractivity contribution in [2.45, 2.75) is 50.6 Å². The Kier molecular flexibility index (Phi) is 4.20. The van der Waals surface area contributed by atoms with Crippen LogP contribution in [0.25, 0.3) is 0 Å². The Morgan fingerprint density at radius 2 is 1.80 bits per heavy atom. The van der Waals surface area contributed by atoms with E-state index in [1.54, 1.807) is 26.0 Å². The molecule has 0 aliphatic carbocycles. The van der Waals surface area contributed by atoms with E-state index in [1.807, 2.05) is 13.8 Å². The Bertz CT molecular complexity index is 562. The van der Waals surface area contributed by atoms with Gasteiger partial charge in [-0.25, -0.2) is 0 Å². The molecule has 2 atom stereocenters. The third kappa shape index (κ3) is 3.58. The zero-order valence-corrected chi connectivity index (χ0v) is 12.9. The zero-order chi connectivity index (χ0) is 15.0. The minimum Gasteiger partial charge on any atom is -0.345 e. The molecule has 0 N–H and O–H groups in total. The number of ether oxygens (including phenoxy) is 2. The number of hydrogen-bond donors (Lipinski definition) is 0. The minimum absolute atomic E-state index is 0.0548. The minimum atomic E-state index is -3.76. The van der Waals surface area contributed by atoms with Crippen LogP contribution in [-0.2, 0) is 23.8 Å². The average molecular weight is 300 g/mol. The summed E-state index contributed by atoms with van der Waals surface area (Å²) in [6.45, 7) is 7.25. The number of aryl methyl sites for hydroxylation is 1. The molecule has 1 saturated heterocycles. The van der Waals surface area contributed by atoms with Gasteiger partial charge in [0.15, 0.2) is 5.79 Å². The van der Waals surface area contributed by atoms with Crippen LogP contribution in [0.3, 0.4) is 0 Å². The highest BCUT2D eigenvalue weighted by Crippen LogP contribution is 2.28. The lowest BCUT2D eigenvalue weighted by atomic mass is 10.2. The summed E-state index contributed by atoms with van der Waals surface area (Å²) in [5.74, 6) is -0.707. The molecule has 0 saturated carbocycles. The molecular formula is C14H20O5S. The second-order valence-corrected chi connectivity index (χ2v) is 7.05. The van der Waals surface area contributed by atoms with Crippen molar-refractivity contribution in [1.82, 2.24) is 0 Å². The first-order valence-electron chi connectivity index (χ1n) is 6.51. The van der Waals surface area contributed by atoms with E-state index in [4.69, 9.17) is 13.7 Å². The van der Waals surface area contributed by atoms with Crippen LogP contribution in [0.1, 0.15) is 26.3 Å². The lowest BCUT2D eigenvalue weighted by molar-refractivity contribution is -0.147. The molecule has 1 aliphatic rings. The van der Waals surface area contributed by atoms with Crippen LogP contribution < -0.4 is 0 Å². The van der Waals surface area contributed by atoms with Crippen LogP contribution in [0, 0.1) is 6.92 Å². The van der Waals surface area contributed by atoms with Crippen molar-refractivity contribution >= 4 is 10.1 Å². The van der Waals surface area contributed by atoms with Crippen LogP contribution in [0.5, 0.6) is 0 Å². The molecule has 0 unspecified atom stereocenters. The first kappa shape index (κ1) is 15.4. The molecule has 1 fully saturated rings. The van der Waals surface area contributed by atoms with Crippen molar-refractivity contribution in [2.75, 3.05) is 6.61 Å². The highest BCUT2D eigenvalue weighted by Gasteiger charge is 2.39. The van der Waals surface area contributed by atoms with Gasteiger partial charge >= 0.3 is 0 Å². The molecule has 0 spiro atoms. The Hall–Kier alpha value is -0.950. The van der Waals surface area contributed by atoms with Crippen LogP contribution in [-0.4, -0.2) is 33.0 Å². The van der Waals surface area contributed by atoms with Gasteiger partial charge < -0.3 is 9.47 Å². The van der Waals surface area contributed by atoms with Crippen molar-refractivity contribution in [3.05, 3.63) is 29.8 Å². The summed E-state index contributed by atoms with van der Waals surface area (Å²) in [5.41, 5.74) is 0.992. The molecular weight excluding hydrogens is 280 g/mol. The van der Waals surface area contributed by atoms with E-state index in [-0.39, 0.29) is 17.6 Å². The Balaban J connectivity index is 2.01. The van der Waals surface area contributed by atoms with E-state index < -0.39 is 22.0 Å². The van der Waals surface area contributed by atoms with Gasteiger partial charge in [-0.3, -0.25) is 4.18 Å². The maximum atomic E-state index is 12.0. The molecule has 112 valence electrons. The van der Waals surface area contributed by atoms with Gasteiger partial charge in [-0.05, 0) is 39.8 Å². The van der Waals surface area contributed by atoms with Gasteiger partial charge in [0.1, 0.15) is 6.10 Å². The maximum Gasteiger partial charge on any atom is 0.297 e. The topological polar surface area (TPSA) is 61.8 Å². The molecule has 5 nitrogen and oxygen atoms in total. The fraction of sp³-hybridized carbons (Fsp3) is 0.571. The predicted molar refractivity (Wildman–Crippen MR) is 73.8 cm³/mol. The number of rotatable bonds is 4. The zero-order valence-electron chi connectivity index (χ0n) is 12.1. The average Bonchev–Trinajstić information content (AvgIpc) is 2.60. The smallest absolute Gasteiger partial charge is 0.297 e. The second kappa shape index (κ2) is 5.44. The molecule has 0 aromatic heterocycles. The normalized spacial score (nSPS) is 25.8. The molecule has 0 radical (unpaired) electrons. The van der Waals surface area contributed by atoms with Gasteiger partial charge in [-0.2, -0.15) is 8.42 Å². The summed E-state index contributed by atoms with van der Waals surface area (Å²) < 4.78 is 40.3. The lowest BCUT2D eigenvalue weighted by Gasteiger charge is -2.16. The summed E-state index contributed by atoms with van der Waals surface area (Å²) >= 11 is 0. The Labute approximate surface area is 120 Å². The molecule has 1 aromatic carbocycles. The molecule has 6 heteroatoms. The van der Waals surface area contributed by atoms with Gasteiger partial charge in [0.05, 0.1) is 17.6 Å². The van der Waals surface area contributed by atoms with Crippen molar-refractivity contribution in [3.8, 4) is 0 Å². The van der Waals surface area contributed by atoms with Crippen LogP contribution in [0.4, 0.5) is 0 Å². The monoisotopic (exact) mass is 300 g/mol. The van der Waals surface area contributed by atoms with Crippen molar-refractivity contribution in [1.29, 1.82) is 0 Å². The summed E-state index contributed by atoms with van der Waals surface area (Å²) in [5, 5.41) is 0. The molecule has 20 heavy (non-hydrogen) atoms. The lowest BCUT2D eigenvalue weighted by Crippen LogP contribution is -2.27. The van der Waals surface area contributed by atoms with E-state index in [2.05, 4.69) is 0 Å². The second-order valence-electron chi connectivity index (χ2n) is 5.43. The SMILES string of the molecule is Cc1ccc(S(=O)(=O)OC[C@H]2OC(C)(C)O[C@H]2C)cc1. The quantitative estimate of drug-likeness (QED) is 0.798. The van der Waals surface area contributed by atoms with Gasteiger partial charge in [0.2, 0.25) is 0 Å². The third-order valence-corrected chi connectivity index (χ3v) is 4.42. The summed E-state index contributed by atoms with van der Waals surface area (Å²) in [6.07, 6.45) is -0.608. The summed E-state index contributed by atoms with van der Waals surface area (Å²) in [6, 6.07) is 6.53. The van der Waals surface area contributed by atoms with Gasteiger partial charge in [0, 0.05) is 0 Å². The third-order valence-electron chi connectivity index (χ3n) is 3.13. The van der Waals surface area contributed by atoms with Gasteiger partial charge in [0.25, 0.3) is 10.1 Å². The Morgan fingerprint density at radius 3 is 2.30 bits per heavy atom. The summed E-state index contributed by atoms with van der Waals surface area (Å²) in [7, 11) is -3.76. The molecule has 0 bridgehead atoms. The molecule has 1 aromatic rings. The van der Waals surface area contributed by atoms with E-state index in [0.29, 0.717) is 0 Å². The van der Waals surface area contributed by atoms with Crippen LogP contribution in [0.2, 0.25) is 0 Å². The molecule has 1 heterocycles. The maximum absolute atomic E-state index is 12.0. The first-order valence-corrected chi connectivity index (χ1v) is 7.92. The highest BCUT2D eigenvalue weighted by molar-refractivity contribution is 7.86. The standard InChI is InChI=1S/C14H20O5S/c1-10-5-7-12(8-6-10)20(15,16)17-9-13-11(2)18-14(3,4)19-13/h5-8,11,13H,9H2,1-4H3/t11-,13+/m0/s1. The highest BCUT2D eigenvalue weighted by atomic mass is 32.2. The number of benzene rings is 1. The fourth-order valence-corrected chi connectivity index (χ4v) is 3.03. The van der Waals surface area contributed by atoms with Gasteiger partial charge in [-0.1, -0.05) is 17.7 Å². The molecule has 2 rings (SSSR count). The van der Waals surface area contributed by atoms with E-state index in [1.165, 1.54) is 12.1 Å². The van der Waals surface area contributed by atoms with E-state index >= 15 is 0 Å². The fourth-order valence-electron chi connectivity index (χ4n) is 2.11. The summed E-state index contributed by atoms with van der Waals surface area (Å²) in [4.78, 5) is 0.147. The van der Waals surface area contributed by atoms with E-state index in [9.17, 15) is 8.42 Å². The number of hydrogen-bond acceptors (Lipinski definition) is 5. The predicted octanol–water partition coefficient (Wildman–Crippen LogP) is 2.24. The van der Waals surface area contributed by atoms with Crippen molar-refractivity contribution in [3.63, 3.8) is 0 Å². The van der Waals surface area contributed by atoms with E-state index in [0.717, 1.165) is 5.56 Å². The molecule has 1 aliphatic heterocycles. The van der Waals surface area contributed by atoms with Crippen molar-refractivity contribution in [2.24, 2.45) is 0 Å².